The molecule has 1 atom stereocenters. The summed E-state index contributed by atoms with van der Waals surface area (Å²) in [5, 5.41) is 18.5. The lowest BCUT2D eigenvalue weighted by Crippen LogP contribution is -2.12. The minimum absolute atomic E-state index is 0.0220. The average molecular weight is 202 g/mol. The molecule has 0 saturated heterocycles. The van der Waals surface area contributed by atoms with Crippen molar-refractivity contribution in [3.63, 3.8) is 0 Å². The average Bonchev–Trinajstić information content (AvgIpc) is 2.04. The normalized spacial score (nSPS) is 12.8. The smallest absolute Gasteiger partial charge is 0.121 e. The number of aliphatic hydroxyl groups excluding tert-OH is 1. The molecule has 0 aliphatic carbocycles. The lowest BCUT2D eigenvalue weighted by molar-refractivity contribution is 0.275. The van der Waals surface area contributed by atoms with E-state index < -0.39 is 6.04 Å². The fourth-order valence-corrected chi connectivity index (χ4v) is 1.49. The number of halogens is 1. The summed E-state index contributed by atoms with van der Waals surface area (Å²) < 4.78 is 0. The summed E-state index contributed by atoms with van der Waals surface area (Å²) in [7, 11) is 0. The molecule has 3 nitrogen and oxygen atoms in total. The number of aromatic hydroxyl groups is 1. The topological polar surface area (TPSA) is 66.5 Å². The highest BCUT2D eigenvalue weighted by Gasteiger charge is 2.13. The third kappa shape index (κ3) is 2.34. The van der Waals surface area contributed by atoms with Crippen LogP contribution in [-0.2, 0) is 0 Å². The number of aliphatic hydroxyl groups is 1. The molecule has 0 bridgehead atoms. The van der Waals surface area contributed by atoms with Crippen LogP contribution in [0.5, 0.6) is 5.75 Å². The Balaban J connectivity index is 2.98. The first-order valence-corrected chi connectivity index (χ1v) is 4.38. The van der Waals surface area contributed by atoms with Gasteiger partial charge in [-0.3, -0.25) is 0 Å². The Morgan fingerprint density at radius 1 is 1.46 bits per heavy atom. The van der Waals surface area contributed by atoms with Crippen LogP contribution in [0, 0.1) is 0 Å². The van der Waals surface area contributed by atoms with Gasteiger partial charge in [0.25, 0.3) is 0 Å². The van der Waals surface area contributed by atoms with E-state index in [-0.39, 0.29) is 12.4 Å². The van der Waals surface area contributed by atoms with Gasteiger partial charge in [-0.25, -0.2) is 0 Å². The maximum atomic E-state index is 9.44. The zero-order chi connectivity index (χ0) is 9.84. The van der Waals surface area contributed by atoms with E-state index in [1.54, 1.807) is 12.1 Å². The van der Waals surface area contributed by atoms with Crippen molar-refractivity contribution < 1.29 is 10.2 Å². The van der Waals surface area contributed by atoms with E-state index >= 15 is 0 Å². The molecule has 0 aromatic heterocycles. The molecule has 0 heterocycles. The molecule has 1 unspecified atom stereocenters. The molecule has 0 saturated carbocycles. The van der Waals surface area contributed by atoms with Crippen LogP contribution in [0.1, 0.15) is 18.0 Å². The second-order valence-electron chi connectivity index (χ2n) is 2.79. The van der Waals surface area contributed by atoms with Crippen molar-refractivity contribution in [3.05, 3.63) is 28.8 Å². The molecule has 0 spiro atoms. The second-order valence-corrected chi connectivity index (χ2v) is 3.20. The summed E-state index contributed by atoms with van der Waals surface area (Å²) >= 11 is 5.84. The number of benzene rings is 1. The summed E-state index contributed by atoms with van der Waals surface area (Å²) in [6, 6.07) is 4.41. The molecule has 4 heteroatoms. The fraction of sp³-hybridized carbons (Fsp3) is 0.333. The summed E-state index contributed by atoms with van der Waals surface area (Å²) in [4.78, 5) is 0. The van der Waals surface area contributed by atoms with Crippen molar-refractivity contribution in [2.75, 3.05) is 6.61 Å². The number of rotatable bonds is 3. The number of phenols is 1. The van der Waals surface area contributed by atoms with Crippen LogP contribution >= 0.6 is 11.6 Å². The molecule has 72 valence electrons. The minimum Gasteiger partial charge on any atom is -0.508 e. The van der Waals surface area contributed by atoms with Gasteiger partial charge in [0.2, 0.25) is 0 Å². The Kier molecular flexibility index (Phi) is 3.54. The number of hydrogen-bond donors (Lipinski definition) is 3. The van der Waals surface area contributed by atoms with Gasteiger partial charge in [-0.1, -0.05) is 17.7 Å². The molecule has 13 heavy (non-hydrogen) atoms. The first-order valence-electron chi connectivity index (χ1n) is 4.00. The Labute approximate surface area is 81.8 Å². The van der Waals surface area contributed by atoms with Crippen LogP contribution < -0.4 is 5.73 Å². The van der Waals surface area contributed by atoms with Gasteiger partial charge in [-0.05, 0) is 18.6 Å². The molecule has 0 radical (unpaired) electrons. The zero-order valence-corrected chi connectivity index (χ0v) is 7.83. The van der Waals surface area contributed by atoms with Gasteiger partial charge < -0.3 is 15.9 Å². The molecular formula is C9H12ClNO2. The van der Waals surface area contributed by atoms with Gasteiger partial charge in [0.1, 0.15) is 5.75 Å². The Morgan fingerprint density at radius 2 is 2.15 bits per heavy atom. The van der Waals surface area contributed by atoms with Gasteiger partial charge in [0, 0.05) is 23.2 Å². The van der Waals surface area contributed by atoms with Gasteiger partial charge in [0.05, 0.1) is 0 Å². The molecule has 0 amide bonds. The third-order valence-corrected chi connectivity index (χ3v) is 2.17. The van der Waals surface area contributed by atoms with E-state index in [0.717, 1.165) is 0 Å². The van der Waals surface area contributed by atoms with Crippen molar-refractivity contribution in [3.8, 4) is 5.75 Å². The van der Waals surface area contributed by atoms with Crippen molar-refractivity contribution in [2.24, 2.45) is 5.73 Å². The summed E-state index contributed by atoms with van der Waals surface area (Å²) in [6.07, 6.45) is 0.386. The maximum Gasteiger partial charge on any atom is 0.121 e. The zero-order valence-electron chi connectivity index (χ0n) is 7.07. The molecule has 1 rings (SSSR count). The van der Waals surface area contributed by atoms with E-state index in [0.29, 0.717) is 17.0 Å². The Morgan fingerprint density at radius 3 is 2.69 bits per heavy atom. The molecule has 1 aromatic carbocycles. The molecule has 4 N–H and O–H groups in total. The van der Waals surface area contributed by atoms with E-state index in [1.807, 2.05) is 0 Å². The standard InChI is InChI=1S/C9H12ClNO2/c10-6-2-1-3-8(13)9(6)7(11)4-5-12/h1-3,7,12-13H,4-5,11H2. The number of hydrogen-bond acceptors (Lipinski definition) is 3. The second kappa shape index (κ2) is 4.46. The summed E-state index contributed by atoms with van der Waals surface area (Å²) in [6.45, 7) is -0.0220. The number of nitrogens with two attached hydrogens (primary N) is 1. The van der Waals surface area contributed by atoms with Gasteiger partial charge in [-0.2, -0.15) is 0 Å². The lowest BCUT2D eigenvalue weighted by Gasteiger charge is -2.13. The van der Waals surface area contributed by atoms with E-state index in [2.05, 4.69) is 0 Å². The van der Waals surface area contributed by atoms with Crippen molar-refractivity contribution >= 4 is 11.6 Å². The lowest BCUT2D eigenvalue weighted by atomic mass is 10.0. The van der Waals surface area contributed by atoms with Gasteiger partial charge in [0.15, 0.2) is 0 Å². The fourth-order valence-electron chi connectivity index (χ4n) is 1.18. The molecule has 1 aromatic rings. The first kappa shape index (κ1) is 10.3. The highest BCUT2D eigenvalue weighted by atomic mass is 35.5. The van der Waals surface area contributed by atoms with Crippen LogP contribution in [0.4, 0.5) is 0 Å². The highest BCUT2D eigenvalue weighted by Crippen LogP contribution is 2.31. The summed E-state index contributed by atoms with van der Waals surface area (Å²) in [5.41, 5.74) is 6.20. The molecule has 0 aliphatic heterocycles. The van der Waals surface area contributed by atoms with Crippen LogP contribution in [0.25, 0.3) is 0 Å². The Hall–Kier alpha value is -0.770. The van der Waals surface area contributed by atoms with E-state index in [4.69, 9.17) is 22.4 Å². The maximum absolute atomic E-state index is 9.44. The molecular weight excluding hydrogens is 190 g/mol. The minimum atomic E-state index is -0.418. The van der Waals surface area contributed by atoms with Crippen LogP contribution in [0.3, 0.4) is 0 Å². The van der Waals surface area contributed by atoms with Gasteiger partial charge >= 0.3 is 0 Å². The monoisotopic (exact) mass is 201 g/mol. The quantitative estimate of drug-likeness (QED) is 0.693. The SMILES string of the molecule is NC(CCO)c1c(O)cccc1Cl. The predicted molar refractivity (Wildman–Crippen MR) is 51.7 cm³/mol. The van der Waals surface area contributed by atoms with Crippen molar-refractivity contribution in [1.29, 1.82) is 0 Å². The first-order chi connectivity index (χ1) is 6.16. The van der Waals surface area contributed by atoms with Crippen molar-refractivity contribution in [1.82, 2.24) is 0 Å². The van der Waals surface area contributed by atoms with Crippen LogP contribution in [0.2, 0.25) is 5.02 Å². The van der Waals surface area contributed by atoms with Crippen molar-refractivity contribution in [2.45, 2.75) is 12.5 Å². The third-order valence-electron chi connectivity index (χ3n) is 1.84. The summed E-state index contributed by atoms with van der Waals surface area (Å²) in [5.74, 6) is 0.0773. The molecule has 0 fully saturated rings. The van der Waals surface area contributed by atoms with Crippen LogP contribution in [-0.4, -0.2) is 16.8 Å². The Bertz CT molecular complexity index is 271. The largest absolute Gasteiger partial charge is 0.508 e. The predicted octanol–water partition coefficient (Wildman–Crippen LogP) is 1.43. The van der Waals surface area contributed by atoms with Gasteiger partial charge in [-0.15, -0.1) is 0 Å². The van der Waals surface area contributed by atoms with E-state index in [1.165, 1.54) is 6.07 Å². The molecule has 0 aliphatic rings. The van der Waals surface area contributed by atoms with E-state index in [9.17, 15) is 5.11 Å². The number of phenolic OH excluding ortho intramolecular Hbond substituents is 1. The highest BCUT2D eigenvalue weighted by molar-refractivity contribution is 6.31. The van der Waals surface area contributed by atoms with Crippen LogP contribution in [0.15, 0.2) is 18.2 Å².